The summed E-state index contributed by atoms with van der Waals surface area (Å²) < 4.78 is 5.40. The van der Waals surface area contributed by atoms with Crippen LogP contribution >= 0.6 is 0 Å². The molecule has 23 heavy (non-hydrogen) atoms. The molecule has 1 saturated heterocycles. The molecule has 4 nitrogen and oxygen atoms in total. The van der Waals surface area contributed by atoms with E-state index in [9.17, 15) is 4.79 Å². The standard InChI is InChI=1S/C19H22N2O2/c22-19(16-12-15(16)18-8-5-11-23-18)20-13-14-6-1-2-7-17(14)21-9-3-4-10-21/h1-2,5-8,11,15-16H,3-4,9-10,12-13H2,(H,20,22)/t15-,16-/m1/s1. The quantitative estimate of drug-likeness (QED) is 0.921. The number of anilines is 1. The SMILES string of the molecule is O=C(NCc1ccccc1N1CCCC1)[C@@H]1C[C@H]1c1ccco1. The second-order valence-electron chi connectivity index (χ2n) is 6.50. The zero-order valence-electron chi connectivity index (χ0n) is 13.2. The van der Waals surface area contributed by atoms with Crippen LogP contribution in [0.15, 0.2) is 47.1 Å². The lowest BCUT2D eigenvalue weighted by Gasteiger charge is -2.21. The van der Waals surface area contributed by atoms with E-state index in [1.807, 2.05) is 18.2 Å². The molecule has 1 aliphatic heterocycles. The van der Waals surface area contributed by atoms with Gasteiger partial charge in [-0.05, 0) is 43.0 Å². The molecule has 0 radical (unpaired) electrons. The third-order valence-electron chi connectivity index (χ3n) is 4.93. The highest BCUT2D eigenvalue weighted by molar-refractivity contribution is 5.82. The van der Waals surface area contributed by atoms with Crippen LogP contribution in [-0.2, 0) is 11.3 Å². The highest BCUT2D eigenvalue weighted by Gasteiger charge is 2.45. The summed E-state index contributed by atoms with van der Waals surface area (Å²) in [5, 5.41) is 3.11. The molecule has 0 bridgehead atoms. The molecule has 1 saturated carbocycles. The second-order valence-corrected chi connectivity index (χ2v) is 6.50. The van der Waals surface area contributed by atoms with Gasteiger partial charge in [0, 0.05) is 37.2 Å². The van der Waals surface area contributed by atoms with Crippen LogP contribution in [-0.4, -0.2) is 19.0 Å². The maximum absolute atomic E-state index is 12.4. The number of rotatable bonds is 5. The molecular weight excluding hydrogens is 288 g/mol. The topological polar surface area (TPSA) is 45.5 Å². The lowest BCUT2D eigenvalue weighted by molar-refractivity contribution is -0.122. The first-order valence-electron chi connectivity index (χ1n) is 8.47. The van der Waals surface area contributed by atoms with Crippen molar-refractivity contribution in [1.29, 1.82) is 0 Å². The smallest absolute Gasteiger partial charge is 0.224 e. The van der Waals surface area contributed by atoms with Crippen molar-refractivity contribution in [2.75, 3.05) is 18.0 Å². The van der Waals surface area contributed by atoms with Gasteiger partial charge in [0.25, 0.3) is 0 Å². The first-order valence-corrected chi connectivity index (χ1v) is 8.47. The van der Waals surface area contributed by atoms with E-state index in [4.69, 9.17) is 4.42 Å². The number of carbonyl (C=O) groups is 1. The molecule has 120 valence electrons. The zero-order chi connectivity index (χ0) is 15.6. The largest absolute Gasteiger partial charge is 0.469 e. The maximum Gasteiger partial charge on any atom is 0.224 e. The molecule has 1 amide bonds. The first-order chi connectivity index (χ1) is 11.3. The van der Waals surface area contributed by atoms with Crippen molar-refractivity contribution in [3.8, 4) is 0 Å². The zero-order valence-corrected chi connectivity index (χ0v) is 13.2. The van der Waals surface area contributed by atoms with Crippen molar-refractivity contribution in [2.24, 2.45) is 5.92 Å². The van der Waals surface area contributed by atoms with Crippen molar-refractivity contribution < 1.29 is 9.21 Å². The summed E-state index contributed by atoms with van der Waals surface area (Å²) in [6.45, 7) is 2.84. The Labute approximate surface area is 136 Å². The Balaban J connectivity index is 1.37. The van der Waals surface area contributed by atoms with Gasteiger partial charge in [-0.2, -0.15) is 0 Å². The van der Waals surface area contributed by atoms with Gasteiger partial charge in [0.15, 0.2) is 0 Å². The average Bonchev–Trinajstić information content (AvgIpc) is 3.01. The molecule has 4 rings (SSSR count). The molecule has 1 aliphatic carbocycles. The van der Waals surface area contributed by atoms with Gasteiger partial charge in [-0.1, -0.05) is 18.2 Å². The molecule has 2 aromatic rings. The molecular formula is C19H22N2O2. The summed E-state index contributed by atoms with van der Waals surface area (Å²) in [7, 11) is 0. The van der Waals surface area contributed by atoms with Gasteiger partial charge in [0.05, 0.1) is 6.26 Å². The van der Waals surface area contributed by atoms with E-state index in [-0.39, 0.29) is 17.7 Å². The highest BCUT2D eigenvalue weighted by atomic mass is 16.3. The van der Waals surface area contributed by atoms with E-state index >= 15 is 0 Å². The van der Waals surface area contributed by atoms with Gasteiger partial charge in [0.2, 0.25) is 5.91 Å². The molecule has 0 unspecified atom stereocenters. The van der Waals surface area contributed by atoms with Crippen molar-refractivity contribution in [3.63, 3.8) is 0 Å². The number of nitrogens with one attached hydrogen (secondary N) is 1. The van der Waals surface area contributed by atoms with E-state index in [1.54, 1.807) is 6.26 Å². The number of hydrogen-bond donors (Lipinski definition) is 1. The Kier molecular flexibility index (Phi) is 3.82. The second kappa shape index (κ2) is 6.11. The lowest BCUT2D eigenvalue weighted by atomic mass is 10.1. The van der Waals surface area contributed by atoms with Crippen LogP contribution in [0.4, 0.5) is 5.69 Å². The normalized spacial score (nSPS) is 23.0. The van der Waals surface area contributed by atoms with Gasteiger partial charge in [0.1, 0.15) is 5.76 Å². The minimum Gasteiger partial charge on any atom is -0.469 e. The van der Waals surface area contributed by atoms with Crippen molar-refractivity contribution in [2.45, 2.75) is 31.7 Å². The molecule has 1 N–H and O–H groups in total. The number of furan rings is 1. The van der Waals surface area contributed by atoms with Gasteiger partial charge >= 0.3 is 0 Å². The third-order valence-corrected chi connectivity index (χ3v) is 4.93. The highest BCUT2D eigenvalue weighted by Crippen LogP contribution is 2.47. The maximum atomic E-state index is 12.4. The lowest BCUT2D eigenvalue weighted by Crippen LogP contribution is -2.27. The molecule has 2 heterocycles. The van der Waals surface area contributed by atoms with Crippen molar-refractivity contribution in [1.82, 2.24) is 5.32 Å². The van der Waals surface area contributed by atoms with Crippen LogP contribution < -0.4 is 10.2 Å². The Morgan fingerprint density at radius 1 is 1.17 bits per heavy atom. The molecule has 0 spiro atoms. The summed E-state index contributed by atoms with van der Waals surface area (Å²) in [6.07, 6.45) is 5.09. The number of benzene rings is 1. The van der Waals surface area contributed by atoms with E-state index in [2.05, 4.69) is 28.4 Å². The summed E-state index contributed by atoms with van der Waals surface area (Å²) in [6, 6.07) is 12.2. The van der Waals surface area contributed by atoms with Crippen LogP contribution in [0.5, 0.6) is 0 Å². The summed E-state index contributed by atoms with van der Waals surface area (Å²) in [5.41, 5.74) is 2.47. The van der Waals surface area contributed by atoms with Crippen LogP contribution in [0, 0.1) is 5.92 Å². The van der Waals surface area contributed by atoms with E-state index < -0.39 is 0 Å². The average molecular weight is 310 g/mol. The Morgan fingerprint density at radius 3 is 2.78 bits per heavy atom. The summed E-state index contributed by atoms with van der Waals surface area (Å²) >= 11 is 0. The fraction of sp³-hybridized carbons (Fsp3) is 0.421. The van der Waals surface area contributed by atoms with E-state index in [1.165, 1.54) is 24.1 Å². The first kappa shape index (κ1) is 14.4. The van der Waals surface area contributed by atoms with Crippen molar-refractivity contribution in [3.05, 3.63) is 54.0 Å². The Morgan fingerprint density at radius 2 is 2.00 bits per heavy atom. The number of amides is 1. The minimum atomic E-state index is 0.0695. The monoisotopic (exact) mass is 310 g/mol. The van der Waals surface area contributed by atoms with Gasteiger partial charge in [-0.3, -0.25) is 4.79 Å². The fourth-order valence-electron chi connectivity index (χ4n) is 3.54. The summed E-state index contributed by atoms with van der Waals surface area (Å²) in [5.74, 6) is 1.41. The fourth-order valence-corrected chi connectivity index (χ4v) is 3.54. The number of nitrogens with zero attached hydrogens (tertiary/aromatic N) is 1. The van der Waals surface area contributed by atoms with Gasteiger partial charge in [-0.25, -0.2) is 0 Å². The molecule has 4 heteroatoms. The Bertz CT molecular complexity index is 674. The molecule has 1 aromatic heterocycles. The summed E-state index contributed by atoms with van der Waals surface area (Å²) in [4.78, 5) is 14.8. The van der Waals surface area contributed by atoms with Gasteiger partial charge < -0.3 is 14.6 Å². The molecule has 2 fully saturated rings. The number of carbonyl (C=O) groups excluding carboxylic acids is 1. The van der Waals surface area contributed by atoms with Crippen molar-refractivity contribution >= 4 is 11.6 Å². The predicted octanol–water partition coefficient (Wildman–Crippen LogP) is 3.30. The predicted molar refractivity (Wildman–Crippen MR) is 89.3 cm³/mol. The van der Waals surface area contributed by atoms with Gasteiger partial charge in [-0.15, -0.1) is 0 Å². The van der Waals surface area contributed by atoms with Crippen LogP contribution in [0.3, 0.4) is 0 Å². The molecule has 2 atom stereocenters. The van der Waals surface area contributed by atoms with E-state index in [0.717, 1.165) is 25.3 Å². The Hall–Kier alpha value is -2.23. The third kappa shape index (κ3) is 2.98. The number of para-hydroxylation sites is 1. The van der Waals surface area contributed by atoms with Crippen LogP contribution in [0.1, 0.15) is 36.5 Å². The van der Waals surface area contributed by atoms with E-state index in [0.29, 0.717) is 6.54 Å². The van der Waals surface area contributed by atoms with Crippen LogP contribution in [0.2, 0.25) is 0 Å². The van der Waals surface area contributed by atoms with Crippen LogP contribution in [0.25, 0.3) is 0 Å². The molecule has 1 aromatic carbocycles. The number of hydrogen-bond acceptors (Lipinski definition) is 3. The minimum absolute atomic E-state index is 0.0695. The molecule has 2 aliphatic rings.